The summed E-state index contributed by atoms with van der Waals surface area (Å²) in [5.41, 5.74) is 6.52. The number of carbonyl (C=O) groups excluding carboxylic acids is 1. The third-order valence-corrected chi connectivity index (χ3v) is 4.26. The molecule has 1 aromatic carbocycles. The van der Waals surface area contributed by atoms with Crippen molar-refractivity contribution in [1.82, 2.24) is 4.90 Å². The normalized spacial score (nSPS) is 18.2. The fourth-order valence-electron chi connectivity index (χ4n) is 2.99. The molecule has 1 amide bonds. The van der Waals surface area contributed by atoms with Crippen LogP contribution in [0.5, 0.6) is 0 Å². The van der Waals surface area contributed by atoms with Gasteiger partial charge in [-0.05, 0) is 18.4 Å². The number of nitrogens with zero attached hydrogens (tertiary/aromatic N) is 2. The van der Waals surface area contributed by atoms with Crippen molar-refractivity contribution in [3.63, 3.8) is 0 Å². The first-order chi connectivity index (χ1) is 10.1. The molecule has 114 valence electrons. The summed E-state index contributed by atoms with van der Waals surface area (Å²) in [6.07, 6.45) is 5.60. The van der Waals surface area contributed by atoms with E-state index >= 15 is 0 Å². The van der Waals surface area contributed by atoms with E-state index < -0.39 is 5.92 Å². The molecule has 5 nitrogen and oxygen atoms in total. The van der Waals surface area contributed by atoms with Crippen LogP contribution in [0, 0.1) is 0 Å². The highest BCUT2D eigenvalue weighted by atomic mass is 16.4. The second kappa shape index (κ2) is 7.11. The monoisotopic (exact) mass is 289 g/mol. The Kier molecular flexibility index (Phi) is 5.20. The lowest BCUT2D eigenvalue weighted by Crippen LogP contribution is -2.44. The molecular weight excluding hydrogens is 266 g/mol. The van der Waals surface area contributed by atoms with Crippen LogP contribution in [-0.2, 0) is 4.79 Å². The molecule has 0 heterocycles. The molecule has 0 radical (unpaired) electrons. The van der Waals surface area contributed by atoms with Crippen molar-refractivity contribution in [3.8, 4) is 0 Å². The van der Waals surface area contributed by atoms with E-state index in [1.54, 1.807) is 4.90 Å². The van der Waals surface area contributed by atoms with Crippen LogP contribution in [0.3, 0.4) is 0 Å². The van der Waals surface area contributed by atoms with Gasteiger partial charge in [0.15, 0.2) is 5.84 Å². The first-order valence-electron chi connectivity index (χ1n) is 7.44. The Morgan fingerprint density at radius 2 is 1.90 bits per heavy atom. The molecule has 1 aromatic rings. The minimum absolute atomic E-state index is 0.0612. The van der Waals surface area contributed by atoms with Crippen LogP contribution in [0.2, 0.25) is 0 Å². The fourth-order valence-corrected chi connectivity index (χ4v) is 2.99. The second-order valence-electron chi connectivity index (χ2n) is 5.61. The molecule has 3 N–H and O–H groups in total. The standard InChI is InChI=1S/C16H23N3O2/c1-19(13-10-6-3-7-11-13)16(20)14(15(17)18-21)12-8-4-2-5-9-12/h2,4-5,8-9,13-14,21H,3,6-7,10-11H2,1H3,(H2,17,18). The molecule has 0 aromatic heterocycles. The van der Waals surface area contributed by atoms with E-state index in [-0.39, 0.29) is 17.8 Å². The van der Waals surface area contributed by atoms with Gasteiger partial charge in [-0.25, -0.2) is 0 Å². The lowest BCUT2D eigenvalue weighted by molar-refractivity contribution is -0.132. The zero-order valence-corrected chi connectivity index (χ0v) is 12.4. The Hall–Kier alpha value is -2.04. The van der Waals surface area contributed by atoms with Crippen LogP contribution >= 0.6 is 0 Å². The summed E-state index contributed by atoms with van der Waals surface area (Å²) in [5, 5.41) is 12.1. The Bertz CT molecular complexity index is 496. The molecule has 0 bridgehead atoms. The summed E-state index contributed by atoms with van der Waals surface area (Å²) in [7, 11) is 1.82. The topological polar surface area (TPSA) is 78.9 Å². The minimum Gasteiger partial charge on any atom is -0.409 e. The number of benzene rings is 1. The molecule has 0 spiro atoms. The van der Waals surface area contributed by atoms with Crippen molar-refractivity contribution in [1.29, 1.82) is 0 Å². The number of likely N-dealkylation sites (N-methyl/N-ethyl adjacent to an activating group) is 1. The Labute approximate surface area is 125 Å². The molecule has 5 heteroatoms. The van der Waals surface area contributed by atoms with Gasteiger partial charge in [-0.2, -0.15) is 0 Å². The van der Waals surface area contributed by atoms with Gasteiger partial charge in [-0.3, -0.25) is 4.79 Å². The Morgan fingerprint density at radius 1 is 1.29 bits per heavy atom. The third-order valence-electron chi connectivity index (χ3n) is 4.26. The molecule has 0 saturated heterocycles. The Balaban J connectivity index is 2.22. The van der Waals surface area contributed by atoms with E-state index in [9.17, 15) is 4.79 Å². The maximum atomic E-state index is 12.8. The van der Waals surface area contributed by atoms with Crippen molar-refractivity contribution < 1.29 is 10.0 Å². The molecule has 1 fully saturated rings. The summed E-state index contributed by atoms with van der Waals surface area (Å²) < 4.78 is 0. The summed E-state index contributed by atoms with van der Waals surface area (Å²) in [6.45, 7) is 0. The lowest BCUT2D eigenvalue weighted by atomic mass is 9.91. The van der Waals surface area contributed by atoms with Crippen LogP contribution in [0.4, 0.5) is 0 Å². The fraction of sp³-hybridized carbons (Fsp3) is 0.500. The number of nitrogens with two attached hydrogens (primary N) is 1. The van der Waals surface area contributed by atoms with Crippen LogP contribution in [0.15, 0.2) is 35.5 Å². The van der Waals surface area contributed by atoms with Gasteiger partial charge >= 0.3 is 0 Å². The van der Waals surface area contributed by atoms with E-state index in [4.69, 9.17) is 10.9 Å². The highest BCUT2D eigenvalue weighted by Gasteiger charge is 2.31. The van der Waals surface area contributed by atoms with Crippen LogP contribution < -0.4 is 5.73 Å². The Morgan fingerprint density at radius 3 is 2.48 bits per heavy atom. The zero-order chi connectivity index (χ0) is 15.2. The molecular formula is C16H23N3O2. The number of carbonyl (C=O) groups is 1. The zero-order valence-electron chi connectivity index (χ0n) is 12.4. The van der Waals surface area contributed by atoms with E-state index in [1.165, 1.54) is 6.42 Å². The van der Waals surface area contributed by atoms with Gasteiger partial charge in [0.25, 0.3) is 0 Å². The maximum Gasteiger partial charge on any atom is 0.237 e. The van der Waals surface area contributed by atoms with Gasteiger partial charge in [-0.15, -0.1) is 0 Å². The number of hydrogen-bond donors (Lipinski definition) is 2. The molecule has 1 aliphatic carbocycles. The van der Waals surface area contributed by atoms with E-state index in [0.29, 0.717) is 0 Å². The van der Waals surface area contributed by atoms with Crippen LogP contribution in [-0.4, -0.2) is 34.9 Å². The molecule has 0 aliphatic heterocycles. The molecule has 2 rings (SSSR count). The molecule has 1 saturated carbocycles. The number of amidine groups is 1. The van der Waals surface area contributed by atoms with Gasteiger partial charge in [-0.1, -0.05) is 54.8 Å². The first kappa shape index (κ1) is 15.4. The summed E-state index contributed by atoms with van der Waals surface area (Å²) in [6, 6.07) is 9.48. The van der Waals surface area contributed by atoms with Crippen LogP contribution in [0.25, 0.3) is 0 Å². The van der Waals surface area contributed by atoms with E-state index in [0.717, 1.165) is 31.2 Å². The summed E-state index contributed by atoms with van der Waals surface area (Å²) in [5.74, 6) is -0.889. The average Bonchev–Trinajstić information content (AvgIpc) is 2.55. The number of amides is 1. The molecule has 21 heavy (non-hydrogen) atoms. The van der Waals surface area contributed by atoms with Gasteiger partial charge in [0.2, 0.25) is 5.91 Å². The van der Waals surface area contributed by atoms with Crippen molar-refractivity contribution >= 4 is 11.7 Å². The number of rotatable bonds is 4. The van der Waals surface area contributed by atoms with E-state index in [2.05, 4.69) is 5.16 Å². The van der Waals surface area contributed by atoms with Crippen molar-refractivity contribution in [2.75, 3.05) is 7.05 Å². The SMILES string of the molecule is CN(C(=O)C(C(N)=NO)c1ccccc1)C1CCCCC1. The smallest absolute Gasteiger partial charge is 0.237 e. The molecule has 1 unspecified atom stereocenters. The summed E-state index contributed by atoms with van der Waals surface area (Å²) in [4.78, 5) is 14.6. The van der Waals surface area contributed by atoms with Gasteiger partial charge in [0.1, 0.15) is 5.92 Å². The predicted molar refractivity (Wildman–Crippen MR) is 82.2 cm³/mol. The highest BCUT2D eigenvalue weighted by molar-refractivity contribution is 6.07. The highest BCUT2D eigenvalue weighted by Crippen LogP contribution is 2.25. The summed E-state index contributed by atoms with van der Waals surface area (Å²) >= 11 is 0. The second-order valence-corrected chi connectivity index (χ2v) is 5.61. The molecule has 1 atom stereocenters. The largest absolute Gasteiger partial charge is 0.409 e. The lowest BCUT2D eigenvalue weighted by Gasteiger charge is -2.33. The number of hydrogen-bond acceptors (Lipinski definition) is 3. The van der Waals surface area contributed by atoms with Crippen molar-refractivity contribution in [2.45, 2.75) is 44.1 Å². The third kappa shape index (κ3) is 3.54. The molecule has 1 aliphatic rings. The minimum atomic E-state index is -0.719. The maximum absolute atomic E-state index is 12.8. The van der Waals surface area contributed by atoms with Gasteiger partial charge in [0.05, 0.1) is 0 Å². The first-order valence-corrected chi connectivity index (χ1v) is 7.44. The van der Waals surface area contributed by atoms with Crippen molar-refractivity contribution in [3.05, 3.63) is 35.9 Å². The van der Waals surface area contributed by atoms with Crippen LogP contribution in [0.1, 0.15) is 43.6 Å². The van der Waals surface area contributed by atoms with E-state index in [1.807, 2.05) is 37.4 Å². The predicted octanol–water partition coefficient (Wildman–Crippen LogP) is 2.31. The quantitative estimate of drug-likeness (QED) is 0.386. The number of oxime groups is 1. The van der Waals surface area contributed by atoms with Gasteiger partial charge < -0.3 is 15.8 Å². The van der Waals surface area contributed by atoms with Gasteiger partial charge in [0, 0.05) is 13.1 Å². The average molecular weight is 289 g/mol. The van der Waals surface area contributed by atoms with Crippen molar-refractivity contribution in [2.24, 2.45) is 10.9 Å².